The van der Waals surface area contributed by atoms with Gasteiger partial charge in [-0.05, 0) is 51.3 Å². The number of rotatable bonds is 10. The second-order valence-corrected chi connectivity index (χ2v) is 6.32. The first-order valence-corrected chi connectivity index (χ1v) is 9.67. The molecule has 2 N–H and O–H groups in total. The minimum absolute atomic E-state index is 0.190. The maximum atomic E-state index is 5.47. The van der Waals surface area contributed by atoms with Crippen molar-refractivity contribution in [2.75, 3.05) is 26.8 Å². The Labute approximate surface area is 166 Å². The summed E-state index contributed by atoms with van der Waals surface area (Å²) in [5, 5.41) is 10.5. The summed E-state index contributed by atoms with van der Waals surface area (Å²) in [6.07, 6.45) is 0.668. The van der Waals surface area contributed by atoms with Crippen molar-refractivity contribution in [3.63, 3.8) is 0 Å². The van der Waals surface area contributed by atoms with Crippen molar-refractivity contribution in [1.82, 2.24) is 20.8 Å². The monoisotopic (exact) mass is 389 g/mol. The molecule has 1 unspecified atom stereocenters. The molecule has 8 nitrogen and oxygen atoms in total. The van der Waals surface area contributed by atoms with E-state index in [4.69, 9.17) is 14.0 Å². The summed E-state index contributed by atoms with van der Waals surface area (Å²) >= 11 is 0. The third-order valence-corrected chi connectivity index (χ3v) is 4.16. The lowest BCUT2D eigenvalue weighted by atomic mass is 10.1. The van der Waals surface area contributed by atoms with Gasteiger partial charge in [-0.2, -0.15) is 4.98 Å². The molecule has 8 heteroatoms. The molecule has 0 aliphatic heterocycles. The number of nitrogens with one attached hydrogen (secondary N) is 2. The summed E-state index contributed by atoms with van der Waals surface area (Å²) in [6.45, 7) is 10.3. The van der Waals surface area contributed by atoms with E-state index in [1.165, 1.54) is 5.56 Å². The third-order valence-electron chi connectivity index (χ3n) is 4.16. The van der Waals surface area contributed by atoms with Crippen molar-refractivity contribution in [2.24, 2.45) is 4.99 Å². The fourth-order valence-corrected chi connectivity index (χ4v) is 2.66. The number of benzene rings is 1. The van der Waals surface area contributed by atoms with Crippen molar-refractivity contribution in [1.29, 1.82) is 0 Å². The average Bonchev–Trinajstić information content (AvgIpc) is 3.17. The van der Waals surface area contributed by atoms with Crippen LogP contribution in [0.1, 0.15) is 49.7 Å². The van der Waals surface area contributed by atoms with Crippen LogP contribution in [0.5, 0.6) is 5.75 Å². The van der Waals surface area contributed by atoms with Crippen molar-refractivity contribution in [3.05, 3.63) is 41.0 Å². The van der Waals surface area contributed by atoms with E-state index in [9.17, 15) is 0 Å². The standard InChI is InChI=1S/C20H31N5O3/c1-6-21-20(22-11-10-16-9-8-14(3)17(12-16)26-5)23-13-18-24-19(25-28-18)15(4)27-7-2/h8-9,12,15H,6-7,10-11,13H2,1-5H3,(H2,21,22,23). The summed E-state index contributed by atoms with van der Waals surface area (Å²) in [4.78, 5) is 8.85. The highest BCUT2D eigenvalue weighted by Crippen LogP contribution is 2.19. The van der Waals surface area contributed by atoms with Crippen LogP contribution in [0.4, 0.5) is 0 Å². The Morgan fingerprint density at radius 2 is 2.11 bits per heavy atom. The predicted octanol–water partition coefficient (Wildman–Crippen LogP) is 2.78. The molecule has 1 aromatic carbocycles. The van der Waals surface area contributed by atoms with Gasteiger partial charge in [0.15, 0.2) is 11.8 Å². The van der Waals surface area contributed by atoms with E-state index in [1.807, 2.05) is 27.7 Å². The first kappa shape index (κ1) is 21.7. The predicted molar refractivity (Wildman–Crippen MR) is 109 cm³/mol. The zero-order chi connectivity index (χ0) is 20.4. The number of methoxy groups -OCH3 is 1. The summed E-state index contributed by atoms with van der Waals surface area (Å²) in [5.41, 5.74) is 2.34. The molecule has 0 saturated heterocycles. The van der Waals surface area contributed by atoms with E-state index < -0.39 is 0 Å². The Morgan fingerprint density at radius 3 is 2.82 bits per heavy atom. The molecule has 154 valence electrons. The molecule has 0 spiro atoms. The van der Waals surface area contributed by atoms with Gasteiger partial charge in [-0.3, -0.25) is 0 Å². The maximum absolute atomic E-state index is 5.47. The molecule has 2 aromatic rings. The van der Waals surface area contributed by atoms with Gasteiger partial charge in [0.2, 0.25) is 5.89 Å². The molecular formula is C20H31N5O3. The van der Waals surface area contributed by atoms with E-state index in [2.05, 4.69) is 44.0 Å². The molecule has 0 aliphatic carbocycles. The van der Waals surface area contributed by atoms with Crippen LogP contribution in [0.25, 0.3) is 0 Å². The molecule has 2 rings (SSSR count). The van der Waals surface area contributed by atoms with Gasteiger partial charge in [0.25, 0.3) is 0 Å². The number of hydrogen-bond acceptors (Lipinski definition) is 6. The molecule has 0 fully saturated rings. The average molecular weight is 390 g/mol. The number of hydrogen-bond donors (Lipinski definition) is 2. The molecule has 0 bridgehead atoms. The van der Waals surface area contributed by atoms with Gasteiger partial charge < -0.3 is 24.6 Å². The molecular weight excluding hydrogens is 358 g/mol. The zero-order valence-corrected chi connectivity index (χ0v) is 17.4. The molecule has 28 heavy (non-hydrogen) atoms. The minimum atomic E-state index is -0.190. The van der Waals surface area contributed by atoms with Crippen LogP contribution in [0, 0.1) is 6.92 Å². The van der Waals surface area contributed by atoms with Crippen molar-refractivity contribution >= 4 is 5.96 Å². The van der Waals surface area contributed by atoms with E-state index in [-0.39, 0.29) is 6.10 Å². The van der Waals surface area contributed by atoms with Crippen LogP contribution in [0.2, 0.25) is 0 Å². The normalized spacial score (nSPS) is 12.7. The van der Waals surface area contributed by atoms with Gasteiger partial charge in [-0.1, -0.05) is 17.3 Å². The minimum Gasteiger partial charge on any atom is -0.496 e. The van der Waals surface area contributed by atoms with E-state index >= 15 is 0 Å². The number of nitrogens with zero attached hydrogens (tertiary/aromatic N) is 3. The fourth-order valence-electron chi connectivity index (χ4n) is 2.66. The van der Waals surface area contributed by atoms with Gasteiger partial charge in [0, 0.05) is 19.7 Å². The molecule has 1 aromatic heterocycles. The van der Waals surface area contributed by atoms with E-state index in [0.717, 1.165) is 30.8 Å². The quantitative estimate of drug-likeness (QED) is 0.477. The summed E-state index contributed by atoms with van der Waals surface area (Å²) in [6, 6.07) is 6.26. The highest BCUT2D eigenvalue weighted by molar-refractivity contribution is 5.79. The van der Waals surface area contributed by atoms with Crippen molar-refractivity contribution in [3.8, 4) is 5.75 Å². The lowest BCUT2D eigenvalue weighted by Gasteiger charge is -2.12. The van der Waals surface area contributed by atoms with Gasteiger partial charge >= 0.3 is 0 Å². The number of aromatic nitrogens is 2. The number of guanidine groups is 1. The smallest absolute Gasteiger partial charge is 0.248 e. The largest absolute Gasteiger partial charge is 0.496 e. The van der Waals surface area contributed by atoms with Crippen LogP contribution in [0.3, 0.4) is 0 Å². The maximum Gasteiger partial charge on any atom is 0.248 e. The first-order valence-electron chi connectivity index (χ1n) is 9.67. The second kappa shape index (κ2) is 11.3. The van der Waals surface area contributed by atoms with Gasteiger partial charge in [0.05, 0.1) is 7.11 Å². The first-order chi connectivity index (χ1) is 13.6. The fraction of sp³-hybridized carbons (Fsp3) is 0.550. The summed E-state index contributed by atoms with van der Waals surface area (Å²) in [7, 11) is 1.69. The molecule has 0 radical (unpaired) electrons. The van der Waals surface area contributed by atoms with Gasteiger partial charge in [-0.15, -0.1) is 0 Å². The topological polar surface area (TPSA) is 93.8 Å². The Bertz CT molecular complexity index is 760. The zero-order valence-electron chi connectivity index (χ0n) is 17.4. The Hall–Kier alpha value is -2.61. The van der Waals surface area contributed by atoms with Crippen molar-refractivity contribution < 1.29 is 14.0 Å². The molecule has 0 saturated carbocycles. The van der Waals surface area contributed by atoms with E-state index in [0.29, 0.717) is 30.8 Å². The second-order valence-electron chi connectivity index (χ2n) is 6.32. The van der Waals surface area contributed by atoms with Gasteiger partial charge in [0.1, 0.15) is 18.4 Å². The Kier molecular flexibility index (Phi) is 8.74. The van der Waals surface area contributed by atoms with Crippen LogP contribution >= 0.6 is 0 Å². The van der Waals surface area contributed by atoms with Crippen LogP contribution < -0.4 is 15.4 Å². The van der Waals surface area contributed by atoms with Gasteiger partial charge in [-0.25, -0.2) is 4.99 Å². The van der Waals surface area contributed by atoms with Crippen molar-refractivity contribution in [2.45, 2.75) is 46.8 Å². The molecule has 0 aliphatic rings. The van der Waals surface area contributed by atoms with E-state index in [1.54, 1.807) is 7.11 Å². The van der Waals surface area contributed by atoms with Crippen LogP contribution in [0.15, 0.2) is 27.7 Å². The molecule has 0 amide bonds. The molecule has 1 atom stereocenters. The lowest BCUT2D eigenvalue weighted by Crippen LogP contribution is -2.38. The summed E-state index contributed by atoms with van der Waals surface area (Å²) in [5.74, 6) is 2.62. The Morgan fingerprint density at radius 1 is 1.29 bits per heavy atom. The Balaban J connectivity index is 1.90. The summed E-state index contributed by atoms with van der Waals surface area (Å²) < 4.78 is 16.1. The highest BCUT2D eigenvalue weighted by Gasteiger charge is 2.13. The SMILES string of the molecule is CCNC(=NCc1nc(C(C)OCC)no1)NCCc1ccc(C)c(OC)c1. The third kappa shape index (κ3) is 6.53. The number of aryl methyl sites for hydroxylation is 1. The number of ether oxygens (including phenoxy) is 2. The molecule has 1 heterocycles. The lowest BCUT2D eigenvalue weighted by molar-refractivity contribution is 0.0683. The van der Waals surface area contributed by atoms with Crippen LogP contribution in [-0.4, -0.2) is 42.9 Å². The van der Waals surface area contributed by atoms with Crippen LogP contribution in [-0.2, 0) is 17.7 Å². The number of aliphatic imine (C=N–C) groups is 1. The highest BCUT2D eigenvalue weighted by atomic mass is 16.5.